The van der Waals surface area contributed by atoms with E-state index in [0.29, 0.717) is 5.69 Å². The Hall–Kier alpha value is -2.54. The van der Waals surface area contributed by atoms with Gasteiger partial charge in [-0.05, 0) is 50.1 Å². The normalized spacial score (nSPS) is 11.2. The van der Waals surface area contributed by atoms with E-state index in [4.69, 9.17) is 4.74 Å². The van der Waals surface area contributed by atoms with E-state index in [1.54, 1.807) is 0 Å². The molecule has 0 bridgehead atoms. The number of carboxylic acid groups (broad SMARTS) is 1. The minimum atomic E-state index is -3.92. The second kappa shape index (κ2) is 6.52. The zero-order valence-corrected chi connectivity index (χ0v) is 14.7. The summed E-state index contributed by atoms with van der Waals surface area (Å²) in [4.78, 5) is 11.1. The SMILES string of the molecule is COc1ccc(S(=O)(=O)Nc2c(C)cc(C)cc2C)cc1C(=O)O. The van der Waals surface area contributed by atoms with Crippen LogP contribution in [0.5, 0.6) is 5.75 Å². The third kappa shape index (κ3) is 3.51. The van der Waals surface area contributed by atoms with Crippen LogP contribution in [0.1, 0.15) is 27.0 Å². The van der Waals surface area contributed by atoms with Gasteiger partial charge in [-0.25, -0.2) is 13.2 Å². The summed E-state index contributed by atoms with van der Waals surface area (Å²) >= 11 is 0. The second-order valence-electron chi connectivity index (χ2n) is 5.55. The van der Waals surface area contributed by atoms with E-state index in [2.05, 4.69) is 4.72 Å². The average molecular weight is 349 g/mol. The number of methoxy groups -OCH3 is 1. The molecule has 2 aromatic carbocycles. The number of sulfonamides is 1. The van der Waals surface area contributed by atoms with Crippen LogP contribution >= 0.6 is 0 Å². The van der Waals surface area contributed by atoms with Gasteiger partial charge in [0.1, 0.15) is 11.3 Å². The zero-order chi connectivity index (χ0) is 18.1. The molecule has 0 aliphatic carbocycles. The molecule has 0 aliphatic heterocycles. The van der Waals surface area contributed by atoms with Gasteiger partial charge in [0.05, 0.1) is 17.7 Å². The van der Waals surface area contributed by atoms with Gasteiger partial charge in [0.2, 0.25) is 0 Å². The predicted octanol–water partition coefficient (Wildman–Crippen LogP) is 3.12. The number of carbonyl (C=O) groups is 1. The van der Waals surface area contributed by atoms with Crippen LogP contribution in [0.25, 0.3) is 0 Å². The van der Waals surface area contributed by atoms with Crippen molar-refractivity contribution < 1.29 is 23.1 Å². The van der Waals surface area contributed by atoms with Gasteiger partial charge in [-0.15, -0.1) is 0 Å². The molecular formula is C17H19NO5S. The Kier molecular flexibility index (Phi) is 4.84. The number of benzene rings is 2. The molecule has 24 heavy (non-hydrogen) atoms. The number of rotatable bonds is 5. The van der Waals surface area contributed by atoms with Gasteiger partial charge in [0, 0.05) is 0 Å². The van der Waals surface area contributed by atoms with Gasteiger partial charge < -0.3 is 9.84 Å². The highest BCUT2D eigenvalue weighted by atomic mass is 32.2. The lowest BCUT2D eigenvalue weighted by Gasteiger charge is -2.15. The van der Waals surface area contributed by atoms with E-state index >= 15 is 0 Å². The molecule has 0 heterocycles. The van der Waals surface area contributed by atoms with Gasteiger partial charge >= 0.3 is 5.97 Å². The summed E-state index contributed by atoms with van der Waals surface area (Å²) in [5, 5.41) is 9.20. The van der Waals surface area contributed by atoms with Crippen molar-refractivity contribution in [3.05, 3.63) is 52.6 Å². The highest BCUT2D eigenvalue weighted by molar-refractivity contribution is 7.92. The molecule has 6 nitrogen and oxygen atoms in total. The van der Waals surface area contributed by atoms with Crippen LogP contribution in [0, 0.1) is 20.8 Å². The highest BCUT2D eigenvalue weighted by Gasteiger charge is 2.21. The molecular weight excluding hydrogens is 330 g/mol. The Balaban J connectivity index is 2.49. The van der Waals surface area contributed by atoms with E-state index in [1.807, 2.05) is 32.9 Å². The van der Waals surface area contributed by atoms with Gasteiger partial charge in [0.15, 0.2) is 0 Å². The Morgan fingerprint density at radius 2 is 1.67 bits per heavy atom. The number of carboxylic acids is 1. The van der Waals surface area contributed by atoms with Crippen molar-refractivity contribution in [2.45, 2.75) is 25.7 Å². The van der Waals surface area contributed by atoms with E-state index in [1.165, 1.54) is 19.2 Å². The lowest BCUT2D eigenvalue weighted by atomic mass is 10.1. The first kappa shape index (κ1) is 17.8. The molecule has 0 saturated carbocycles. The van der Waals surface area contributed by atoms with Crippen molar-refractivity contribution in [1.82, 2.24) is 0 Å². The maximum atomic E-state index is 12.6. The fraction of sp³-hybridized carbons (Fsp3) is 0.235. The van der Waals surface area contributed by atoms with E-state index in [9.17, 15) is 18.3 Å². The van der Waals surface area contributed by atoms with E-state index in [0.717, 1.165) is 22.8 Å². The van der Waals surface area contributed by atoms with Crippen LogP contribution in [0.2, 0.25) is 0 Å². The van der Waals surface area contributed by atoms with Gasteiger partial charge in [-0.1, -0.05) is 17.7 Å². The van der Waals surface area contributed by atoms with Crippen molar-refractivity contribution in [2.75, 3.05) is 11.8 Å². The number of nitrogens with one attached hydrogen (secondary N) is 1. The summed E-state index contributed by atoms with van der Waals surface area (Å²) in [6, 6.07) is 7.48. The number of aryl methyl sites for hydroxylation is 3. The quantitative estimate of drug-likeness (QED) is 0.865. The molecule has 0 spiro atoms. The molecule has 0 aromatic heterocycles. The lowest BCUT2D eigenvalue weighted by Crippen LogP contribution is -2.16. The van der Waals surface area contributed by atoms with Crippen LogP contribution < -0.4 is 9.46 Å². The van der Waals surface area contributed by atoms with Crippen molar-refractivity contribution in [2.24, 2.45) is 0 Å². The van der Waals surface area contributed by atoms with Gasteiger partial charge in [-0.3, -0.25) is 4.72 Å². The molecule has 0 amide bonds. The Morgan fingerprint density at radius 3 is 2.17 bits per heavy atom. The summed E-state index contributed by atoms with van der Waals surface area (Å²) in [7, 11) is -2.59. The summed E-state index contributed by atoms with van der Waals surface area (Å²) in [6.45, 7) is 5.56. The Bertz CT molecular complexity index is 880. The van der Waals surface area contributed by atoms with E-state index in [-0.39, 0.29) is 16.2 Å². The van der Waals surface area contributed by atoms with Crippen LogP contribution in [0.15, 0.2) is 35.2 Å². The number of ether oxygens (including phenoxy) is 1. The first-order valence-corrected chi connectivity index (χ1v) is 8.66. The smallest absolute Gasteiger partial charge is 0.339 e. The molecule has 0 atom stereocenters. The van der Waals surface area contributed by atoms with Crippen LogP contribution in [-0.4, -0.2) is 26.6 Å². The largest absolute Gasteiger partial charge is 0.496 e. The molecule has 0 unspecified atom stereocenters. The highest BCUT2D eigenvalue weighted by Crippen LogP contribution is 2.27. The third-order valence-electron chi connectivity index (χ3n) is 3.63. The van der Waals surface area contributed by atoms with Crippen LogP contribution in [0.3, 0.4) is 0 Å². The monoisotopic (exact) mass is 349 g/mol. The lowest BCUT2D eigenvalue weighted by molar-refractivity contribution is 0.0693. The number of aromatic carboxylic acids is 1. The first-order chi connectivity index (χ1) is 11.2. The van der Waals surface area contributed by atoms with Crippen molar-refractivity contribution >= 4 is 21.7 Å². The van der Waals surface area contributed by atoms with E-state index < -0.39 is 16.0 Å². The van der Waals surface area contributed by atoms with Gasteiger partial charge in [-0.2, -0.15) is 0 Å². The predicted molar refractivity (Wildman–Crippen MR) is 91.4 cm³/mol. The average Bonchev–Trinajstić information content (AvgIpc) is 2.50. The van der Waals surface area contributed by atoms with Crippen LogP contribution in [0.4, 0.5) is 5.69 Å². The molecule has 0 saturated heterocycles. The molecule has 128 valence electrons. The third-order valence-corrected chi connectivity index (χ3v) is 4.97. The zero-order valence-electron chi connectivity index (χ0n) is 13.9. The number of hydrogen-bond acceptors (Lipinski definition) is 4. The van der Waals surface area contributed by atoms with Crippen LogP contribution in [-0.2, 0) is 10.0 Å². The molecule has 2 N–H and O–H groups in total. The first-order valence-electron chi connectivity index (χ1n) is 7.17. The fourth-order valence-electron chi connectivity index (χ4n) is 2.56. The molecule has 2 rings (SSSR count). The topological polar surface area (TPSA) is 92.7 Å². The number of hydrogen-bond donors (Lipinski definition) is 2. The molecule has 0 radical (unpaired) electrons. The maximum Gasteiger partial charge on any atom is 0.339 e. The van der Waals surface area contributed by atoms with Crippen molar-refractivity contribution in [3.63, 3.8) is 0 Å². The fourth-order valence-corrected chi connectivity index (χ4v) is 3.78. The molecule has 0 aliphatic rings. The minimum absolute atomic E-state index is 0.101. The second-order valence-corrected chi connectivity index (χ2v) is 7.23. The molecule has 7 heteroatoms. The Morgan fingerprint density at radius 1 is 1.08 bits per heavy atom. The summed E-state index contributed by atoms with van der Waals surface area (Å²) in [6.07, 6.45) is 0. The standard InChI is InChI=1S/C17H19NO5S/c1-10-7-11(2)16(12(3)8-10)18-24(21,22)13-5-6-15(23-4)14(9-13)17(19)20/h5-9,18H,1-4H3,(H,19,20). The maximum absolute atomic E-state index is 12.6. The van der Waals surface area contributed by atoms with Gasteiger partial charge in [0.25, 0.3) is 10.0 Å². The molecule has 0 fully saturated rings. The summed E-state index contributed by atoms with van der Waals surface area (Å²) in [5.41, 5.74) is 2.91. The van der Waals surface area contributed by atoms with Crippen molar-refractivity contribution in [1.29, 1.82) is 0 Å². The Labute approximate surface area is 141 Å². The molecule has 2 aromatic rings. The van der Waals surface area contributed by atoms with Crippen molar-refractivity contribution in [3.8, 4) is 5.75 Å². The number of anilines is 1. The summed E-state index contributed by atoms with van der Waals surface area (Å²) in [5.74, 6) is -1.16. The summed E-state index contributed by atoms with van der Waals surface area (Å²) < 4.78 is 32.7. The minimum Gasteiger partial charge on any atom is -0.496 e.